The van der Waals surface area contributed by atoms with Crippen molar-refractivity contribution < 1.29 is 14.5 Å². The Hall–Kier alpha value is -3.08. The molecule has 1 saturated heterocycles. The van der Waals surface area contributed by atoms with E-state index >= 15 is 0 Å². The number of nitro groups is 1. The molecule has 0 aliphatic carbocycles. The molecule has 1 aromatic heterocycles. The number of nitro benzene ring substituents is 1. The zero-order valence-electron chi connectivity index (χ0n) is 19.9. The summed E-state index contributed by atoms with van der Waals surface area (Å²) in [6, 6.07) is 8.88. The van der Waals surface area contributed by atoms with Gasteiger partial charge in [-0.1, -0.05) is 17.4 Å². The zero-order valence-corrected chi connectivity index (χ0v) is 20.7. The van der Waals surface area contributed by atoms with Crippen molar-refractivity contribution in [1.82, 2.24) is 9.88 Å². The lowest BCUT2D eigenvalue weighted by Gasteiger charge is -2.28. The molecule has 0 spiro atoms. The fraction of sp³-hybridized carbons (Fsp3) is 0.417. The first kappa shape index (κ1) is 24.1. The van der Waals surface area contributed by atoms with Gasteiger partial charge in [0.1, 0.15) is 5.69 Å². The molecule has 0 bridgehead atoms. The van der Waals surface area contributed by atoms with Crippen molar-refractivity contribution in [3.8, 4) is 0 Å². The molecule has 2 aromatic carbocycles. The monoisotopic (exact) mass is 483 g/mol. The maximum Gasteiger partial charge on any atom is 0.293 e. The number of ether oxygens (including phenoxy) is 1. The summed E-state index contributed by atoms with van der Waals surface area (Å²) in [5.41, 5.74) is 3.78. The first-order valence-electron chi connectivity index (χ1n) is 11.2. The zero-order chi connectivity index (χ0) is 24.4. The number of carbonyl (C=O) groups excluding carboxylic acids is 1. The van der Waals surface area contributed by atoms with Gasteiger partial charge in [0.15, 0.2) is 5.13 Å². The first-order chi connectivity index (χ1) is 16.2. The lowest BCUT2D eigenvalue weighted by atomic mass is 10.1. The Morgan fingerprint density at radius 2 is 1.91 bits per heavy atom. The minimum atomic E-state index is -0.421. The van der Waals surface area contributed by atoms with Crippen LogP contribution in [-0.4, -0.2) is 74.2 Å². The molecule has 0 atom stereocenters. The fourth-order valence-electron chi connectivity index (χ4n) is 4.09. The van der Waals surface area contributed by atoms with Gasteiger partial charge in [0.2, 0.25) is 0 Å². The molecular formula is C24H29N5O4S. The number of aryl methyl sites for hydroxylation is 2. The molecule has 0 unspecified atom stereocenters. The molecule has 1 aliphatic heterocycles. The summed E-state index contributed by atoms with van der Waals surface area (Å²) in [5.74, 6) is -0.299. The molecule has 1 amide bonds. The predicted octanol–water partition coefficient (Wildman–Crippen LogP) is 3.87. The van der Waals surface area contributed by atoms with Gasteiger partial charge >= 0.3 is 0 Å². The number of thiazole rings is 1. The van der Waals surface area contributed by atoms with E-state index in [1.54, 1.807) is 17.0 Å². The Morgan fingerprint density at radius 1 is 1.18 bits per heavy atom. The number of aromatic nitrogens is 1. The number of nitrogens with zero attached hydrogens (tertiary/aromatic N) is 5. The highest BCUT2D eigenvalue weighted by molar-refractivity contribution is 7.22. The third-order valence-corrected chi connectivity index (χ3v) is 6.86. The topological polar surface area (TPSA) is 92.1 Å². The Balaban J connectivity index is 1.72. The van der Waals surface area contributed by atoms with Crippen molar-refractivity contribution >= 4 is 44.0 Å². The van der Waals surface area contributed by atoms with Crippen LogP contribution in [0.15, 0.2) is 30.3 Å². The van der Waals surface area contributed by atoms with Crippen LogP contribution >= 0.6 is 11.3 Å². The molecule has 3 aromatic rings. The quantitative estimate of drug-likeness (QED) is 0.372. The third-order valence-electron chi connectivity index (χ3n) is 5.84. The number of hydrogen-bond acceptors (Lipinski definition) is 8. The van der Waals surface area contributed by atoms with E-state index in [2.05, 4.69) is 12.1 Å². The van der Waals surface area contributed by atoms with Gasteiger partial charge in [0.25, 0.3) is 11.6 Å². The third kappa shape index (κ3) is 5.03. The van der Waals surface area contributed by atoms with E-state index in [4.69, 9.17) is 9.72 Å². The van der Waals surface area contributed by atoms with E-state index in [-0.39, 0.29) is 17.2 Å². The van der Waals surface area contributed by atoms with Crippen molar-refractivity contribution in [1.29, 1.82) is 0 Å². The molecule has 1 aliphatic rings. The van der Waals surface area contributed by atoms with Crippen molar-refractivity contribution in [2.45, 2.75) is 13.8 Å². The van der Waals surface area contributed by atoms with E-state index < -0.39 is 4.92 Å². The number of anilines is 2. The van der Waals surface area contributed by atoms with Gasteiger partial charge in [-0.15, -0.1) is 0 Å². The molecule has 0 N–H and O–H groups in total. The second kappa shape index (κ2) is 10.0. The van der Waals surface area contributed by atoms with Crippen LogP contribution in [0.2, 0.25) is 0 Å². The molecule has 2 heterocycles. The van der Waals surface area contributed by atoms with E-state index in [0.717, 1.165) is 21.3 Å². The summed E-state index contributed by atoms with van der Waals surface area (Å²) < 4.78 is 6.39. The molecule has 180 valence electrons. The van der Waals surface area contributed by atoms with Crippen molar-refractivity contribution in [2.24, 2.45) is 0 Å². The van der Waals surface area contributed by atoms with Gasteiger partial charge in [-0.2, -0.15) is 0 Å². The summed E-state index contributed by atoms with van der Waals surface area (Å²) in [6.07, 6.45) is 0. The summed E-state index contributed by atoms with van der Waals surface area (Å²) in [6.45, 7) is 7.30. The van der Waals surface area contributed by atoms with E-state index in [1.165, 1.54) is 17.4 Å². The molecule has 0 saturated carbocycles. The van der Waals surface area contributed by atoms with E-state index in [1.807, 2.05) is 37.7 Å². The Labute approximate surface area is 202 Å². The number of benzene rings is 2. The standard InChI is InChI=1S/C24H29N5O4S/c1-16-13-17(2)22-21(14-16)34-24(25-22)28(8-7-26(3)4)23(30)18-5-6-19(20(15-18)29(31)32)27-9-11-33-12-10-27/h5-6,13-15H,7-12H2,1-4H3. The van der Waals surface area contributed by atoms with Gasteiger partial charge in [-0.05, 0) is 57.3 Å². The summed E-state index contributed by atoms with van der Waals surface area (Å²) in [7, 11) is 3.88. The summed E-state index contributed by atoms with van der Waals surface area (Å²) in [5, 5.41) is 12.5. The maximum atomic E-state index is 13.7. The average Bonchev–Trinajstić information content (AvgIpc) is 3.23. The number of amides is 1. The Bertz CT molecular complexity index is 1220. The average molecular weight is 484 g/mol. The summed E-state index contributed by atoms with van der Waals surface area (Å²) in [4.78, 5) is 35.5. The second-order valence-electron chi connectivity index (χ2n) is 8.75. The molecule has 4 rings (SSSR count). The molecule has 9 nitrogen and oxygen atoms in total. The van der Waals surface area contributed by atoms with Crippen LogP contribution in [0.25, 0.3) is 10.2 Å². The molecule has 1 fully saturated rings. The van der Waals surface area contributed by atoms with Crippen molar-refractivity contribution in [3.63, 3.8) is 0 Å². The number of hydrogen-bond donors (Lipinski definition) is 0. The lowest BCUT2D eigenvalue weighted by molar-refractivity contribution is -0.384. The predicted molar refractivity (Wildman–Crippen MR) is 135 cm³/mol. The van der Waals surface area contributed by atoms with E-state index in [0.29, 0.717) is 50.2 Å². The van der Waals surface area contributed by atoms with Gasteiger partial charge in [-0.3, -0.25) is 19.8 Å². The minimum Gasteiger partial charge on any atom is -0.378 e. The van der Waals surface area contributed by atoms with Crippen molar-refractivity contribution in [3.05, 3.63) is 57.1 Å². The van der Waals surface area contributed by atoms with Crippen LogP contribution < -0.4 is 9.80 Å². The maximum absolute atomic E-state index is 13.7. The van der Waals surface area contributed by atoms with Gasteiger partial charge < -0.3 is 14.5 Å². The van der Waals surface area contributed by atoms with Crippen LogP contribution in [0.3, 0.4) is 0 Å². The largest absolute Gasteiger partial charge is 0.378 e. The van der Waals surface area contributed by atoms with Crippen LogP contribution in [0.1, 0.15) is 21.5 Å². The number of morpholine rings is 1. The molecule has 34 heavy (non-hydrogen) atoms. The lowest BCUT2D eigenvalue weighted by Crippen LogP contribution is -2.37. The highest BCUT2D eigenvalue weighted by Crippen LogP contribution is 2.34. The second-order valence-corrected chi connectivity index (χ2v) is 9.75. The minimum absolute atomic E-state index is 0.0731. The molecule has 0 radical (unpaired) electrons. The summed E-state index contributed by atoms with van der Waals surface area (Å²) >= 11 is 1.46. The Kier molecular flexibility index (Phi) is 7.11. The molecule has 10 heteroatoms. The number of rotatable bonds is 7. The van der Waals surface area contributed by atoms with Crippen LogP contribution in [0, 0.1) is 24.0 Å². The first-order valence-corrected chi connectivity index (χ1v) is 12.0. The molecular weight excluding hydrogens is 454 g/mol. The van der Waals surface area contributed by atoms with Crippen LogP contribution in [0.5, 0.6) is 0 Å². The highest BCUT2D eigenvalue weighted by Gasteiger charge is 2.27. The normalized spacial score (nSPS) is 14.1. The number of fused-ring (bicyclic) bond motifs is 1. The SMILES string of the molecule is Cc1cc(C)c2nc(N(CCN(C)C)C(=O)c3ccc(N4CCOCC4)c([N+](=O)[O-])c3)sc2c1. The van der Waals surface area contributed by atoms with Crippen LogP contribution in [0.4, 0.5) is 16.5 Å². The van der Waals surface area contributed by atoms with Crippen molar-refractivity contribution in [2.75, 3.05) is 63.3 Å². The van der Waals surface area contributed by atoms with Gasteiger partial charge in [-0.25, -0.2) is 4.98 Å². The van der Waals surface area contributed by atoms with Gasteiger partial charge in [0.05, 0.1) is 28.4 Å². The Morgan fingerprint density at radius 3 is 2.59 bits per heavy atom. The number of carbonyl (C=O) groups is 1. The van der Waals surface area contributed by atoms with E-state index in [9.17, 15) is 14.9 Å². The highest BCUT2D eigenvalue weighted by atomic mass is 32.1. The smallest absolute Gasteiger partial charge is 0.293 e. The fourth-order valence-corrected chi connectivity index (χ4v) is 5.25. The number of likely N-dealkylation sites (N-methyl/N-ethyl adjacent to an activating group) is 1. The van der Waals surface area contributed by atoms with Gasteiger partial charge in [0, 0.05) is 37.8 Å². The van der Waals surface area contributed by atoms with Crippen LogP contribution in [-0.2, 0) is 4.74 Å².